The first-order chi connectivity index (χ1) is 18.8. The van der Waals surface area contributed by atoms with Crippen LogP contribution in [-0.2, 0) is 6.42 Å². The van der Waals surface area contributed by atoms with E-state index in [4.69, 9.17) is 16.0 Å². The highest BCUT2D eigenvalue weighted by Gasteiger charge is 2.41. The summed E-state index contributed by atoms with van der Waals surface area (Å²) in [4.78, 5) is 21.7. The number of nitrogens with zero attached hydrogens (tertiary/aromatic N) is 3. The number of benzene rings is 2. The van der Waals surface area contributed by atoms with Crippen molar-refractivity contribution >= 4 is 33.9 Å². The van der Waals surface area contributed by atoms with Crippen molar-refractivity contribution in [3.05, 3.63) is 64.0 Å². The minimum absolute atomic E-state index is 0.0154. The van der Waals surface area contributed by atoms with Crippen LogP contribution in [0.2, 0.25) is 41.3 Å². The van der Waals surface area contributed by atoms with E-state index in [1.807, 2.05) is 51.3 Å². The molecule has 10 heteroatoms. The molecule has 7 nitrogen and oxygen atoms in total. The molecule has 0 aliphatic carbocycles. The van der Waals surface area contributed by atoms with Crippen LogP contribution in [0.5, 0.6) is 0 Å². The van der Waals surface area contributed by atoms with Gasteiger partial charge in [-0.3, -0.25) is 0 Å². The number of halogens is 1. The molecule has 0 unspecified atom stereocenters. The molecule has 0 aliphatic heterocycles. The molecule has 3 rings (SSSR count). The van der Waals surface area contributed by atoms with Gasteiger partial charge in [0.05, 0.1) is 10.6 Å². The zero-order chi connectivity index (χ0) is 31.0. The molecular weight excluding hydrogens is 568 g/mol. The maximum Gasteiger partial charge on any atom is 0.247 e. The van der Waals surface area contributed by atoms with Crippen LogP contribution in [0, 0.1) is 24.2 Å². The van der Waals surface area contributed by atoms with Gasteiger partial charge >= 0.3 is 0 Å². The lowest BCUT2D eigenvalue weighted by molar-refractivity contribution is 0.330. The van der Waals surface area contributed by atoms with Gasteiger partial charge in [-0.25, -0.2) is 0 Å². The number of hydrogen-bond acceptors (Lipinski definition) is 7. The van der Waals surface area contributed by atoms with Crippen LogP contribution < -0.4 is 5.32 Å². The average molecular weight is 613 g/mol. The van der Waals surface area contributed by atoms with Crippen LogP contribution in [0.1, 0.15) is 69.7 Å². The summed E-state index contributed by atoms with van der Waals surface area (Å²) in [5, 5.41) is 21.8. The Morgan fingerprint density at radius 2 is 1.56 bits per heavy atom. The van der Waals surface area contributed by atoms with Crippen LogP contribution in [-0.4, -0.2) is 36.4 Å². The van der Waals surface area contributed by atoms with E-state index in [1.165, 1.54) is 0 Å². The molecule has 1 heterocycles. The Morgan fingerprint density at radius 3 is 2.10 bits per heavy atom. The quantitative estimate of drug-likeness (QED) is 0.187. The molecular formula is C31H45ClN4O3Si2. The van der Waals surface area contributed by atoms with Crippen molar-refractivity contribution in [1.82, 2.24) is 10.2 Å². The lowest BCUT2D eigenvalue weighted by atomic mass is 9.90. The minimum Gasteiger partial charge on any atom is -0.432 e. The fraction of sp³-hybridized carbons (Fsp3) is 0.516. The maximum atomic E-state index is 11.0. The van der Waals surface area contributed by atoms with E-state index in [0.717, 1.165) is 35.2 Å². The topological polar surface area (TPSA) is 115 Å². The molecule has 2 aromatic carbocycles. The molecule has 0 aliphatic rings. The SMILES string of the molecule is Cc1c(N[C@@H](c2nnc(-c3ccc(CC(C)(C)[Si](C)(C)O)cc3)o2)[C@@H](C)CC(C)(C)[Si](C)(C)O)ccc(C#N)c1Cl. The van der Waals surface area contributed by atoms with Gasteiger partial charge in [-0.2, -0.15) is 5.26 Å². The first-order valence-electron chi connectivity index (χ1n) is 14.1. The second-order valence-corrected chi connectivity index (χ2v) is 23.0. The second-order valence-electron chi connectivity index (χ2n) is 13.7. The van der Waals surface area contributed by atoms with E-state index in [2.05, 4.69) is 68.3 Å². The van der Waals surface area contributed by atoms with Crippen molar-refractivity contribution in [2.45, 2.75) is 96.7 Å². The van der Waals surface area contributed by atoms with Crippen LogP contribution in [0.15, 0.2) is 40.8 Å². The van der Waals surface area contributed by atoms with E-state index in [0.29, 0.717) is 22.4 Å². The normalized spacial score (nSPS) is 14.4. The first-order valence-corrected chi connectivity index (χ1v) is 20.4. The molecule has 0 bridgehead atoms. The summed E-state index contributed by atoms with van der Waals surface area (Å²) in [5.74, 6) is 0.882. The molecule has 0 fully saturated rings. The Labute approximate surface area is 252 Å². The molecule has 0 radical (unpaired) electrons. The Kier molecular flexibility index (Phi) is 9.68. The molecule has 1 aromatic heterocycles. The third-order valence-electron chi connectivity index (χ3n) is 9.09. The molecule has 3 aromatic rings. The van der Waals surface area contributed by atoms with Crippen LogP contribution in [0.4, 0.5) is 5.69 Å². The molecule has 0 saturated heterocycles. The number of rotatable bonds is 11. The minimum atomic E-state index is -2.47. The molecule has 0 spiro atoms. The molecule has 3 N–H and O–H groups in total. The summed E-state index contributed by atoms with van der Waals surface area (Å²) >= 11 is 6.48. The zero-order valence-corrected chi connectivity index (χ0v) is 28.8. The molecule has 0 amide bonds. The van der Waals surface area contributed by atoms with E-state index >= 15 is 0 Å². The number of aromatic nitrogens is 2. The van der Waals surface area contributed by atoms with Gasteiger partial charge in [-0.15, -0.1) is 10.2 Å². The third kappa shape index (κ3) is 7.48. The second kappa shape index (κ2) is 12.0. The predicted octanol–water partition coefficient (Wildman–Crippen LogP) is 8.25. The fourth-order valence-corrected chi connectivity index (χ4v) is 6.35. The number of nitriles is 1. The number of anilines is 1. The smallest absolute Gasteiger partial charge is 0.247 e. The number of nitrogens with one attached hydrogen (secondary N) is 1. The highest BCUT2D eigenvalue weighted by Crippen LogP contribution is 2.45. The Morgan fingerprint density at radius 1 is 0.976 bits per heavy atom. The first kappa shape index (κ1) is 33.0. The highest BCUT2D eigenvalue weighted by molar-refractivity contribution is 6.73. The van der Waals surface area contributed by atoms with Crippen molar-refractivity contribution in [2.75, 3.05) is 5.32 Å². The van der Waals surface area contributed by atoms with Crippen molar-refractivity contribution in [3.8, 4) is 17.5 Å². The summed E-state index contributed by atoms with van der Waals surface area (Å²) in [6, 6.07) is 13.4. The molecule has 0 saturated carbocycles. The van der Waals surface area contributed by atoms with E-state index in [-0.39, 0.29) is 22.0 Å². The summed E-state index contributed by atoms with van der Waals surface area (Å²) < 4.78 is 6.28. The average Bonchev–Trinajstić information content (AvgIpc) is 3.33. The van der Waals surface area contributed by atoms with Crippen LogP contribution in [0.3, 0.4) is 0 Å². The van der Waals surface area contributed by atoms with Crippen molar-refractivity contribution < 1.29 is 14.0 Å². The van der Waals surface area contributed by atoms with Gasteiger partial charge in [0.25, 0.3) is 0 Å². The van der Waals surface area contributed by atoms with Crippen molar-refractivity contribution in [3.63, 3.8) is 0 Å². The summed E-state index contributed by atoms with van der Waals surface area (Å²) in [7, 11) is -4.79. The Bertz CT molecular complexity index is 1400. The third-order valence-corrected chi connectivity index (χ3v) is 16.6. The summed E-state index contributed by atoms with van der Waals surface area (Å²) in [6.45, 7) is 20.3. The lowest BCUT2D eigenvalue weighted by Gasteiger charge is -2.38. The van der Waals surface area contributed by atoms with Gasteiger partial charge < -0.3 is 19.3 Å². The molecule has 222 valence electrons. The zero-order valence-electron chi connectivity index (χ0n) is 26.1. The highest BCUT2D eigenvalue weighted by atomic mass is 35.5. The van der Waals surface area contributed by atoms with Gasteiger partial charge in [0.1, 0.15) is 12.1 Å². The van der Waals surface area contributed by atoms with Gasteiger partial charge in [0.15, 0.2) is 16.6 Å². The van der Waals surface area contributed by atoms with Gasteiger partial charge in [-0.1, -0.05) is 58.4 Å². The van der Waals surface area contributed by atoms with E-state index in [9.17, 15) is 14.9 Å². The van der Waals surface area contributed by atoms with Crippen molar-refractivity contribution in [2.24, 2.45) is 5.92 Å². The van der Waals surface area contributed by atoms with Gasteiger partial charge in [0.2, 0.25) is 11.8 Å². The number of hydrogen-bond donors (Lipinski definition) is 3. The largest absolute Gasteiger partial charge is 0.432 e. The predicted molar refractivity (Wildman–Crippen MR) is 172 cm³/mol. The molecule has 41 heavy (non-hydrogen) atoms. The lowest BCUT2D eigenvalue weighted by Crippen LogP contribution is -2.41. The van der Waals surface area contributed by atoms with E-state index < -0.39 is 16.6 Å². The van der Waals surface area contributed by atoms with E-state index in [1.54, 1.807) is 6.07 Å². The Balaban J connectivity index is 1.95. The summed E-state index contributed by atoms with van der Waals surface area (Å²) in [5.41, 5.74) is 3.94. The van der Waals surface area contributed by atoms with Crippen molar-refractivity contribution in [1.29, 1.82) is 5.26 Å². The summed E-state index contributed by atoms with van der Waals surface area (Å²) in [6.07, 6.45) is 1.52. The Hall–Kier alpha value is -2.49. The molecule has 2 atom stereocenters. The van der Waals surface area contributed by atoms with Crippen LogP contribution >= 0.6 is 11.6 Å². The fourth-order valence-electron chi connectivity index (χ4n) is 4.68. The van der Waals surface area contributed by atoms with Crippen LogP contribution in [0.25, 0.3) is 11.5 Å². The van der Waals surface area contributed by atoms with Gasteiger partial charge in [0, 0.05) is 11.3 Å². The standard InChI is InChI=1S/C31H45ClN4O3Si2/c1-20(17-30(3,4)40(7,8)37)27(34-25-16-15-24(19-33)26(32)21(25)2)29-36-35-28(39-29)23-13-11-22(12-14-23)18-31(5,6)41(9,10)38/h11-16,20,27,34,37-38H,17-18H2,1-10H3/t20-,27+/m0/s1. The van der Waals surface area contributed by atoms with Gasteiger partial charge in [-0.05, 0) is 97.3 Å². The maximum absolute atomic E-state index is 11.0. The monoisotopic (exact) mass is 612 g/mol.